The summed E-state index contributed by atoms with van der Waals surface area (Å²) < 4.78 is 39.8. The van der Waals surface area contributed by atoms with Crippen LogP contribution in [0, 0.1) is 0 Å². The van der Waals surface area contributed by atoms with Gasteiger partial charge in [-0.3, -0.25) is 14.7 Å². The molecule has 2 bridgehead atoms. The lowest BCUT2D eigenvalue weighted by molar-refractivity contribution is -0.144. The Kier molecular flexibility index (Phi) is 5.75. The number of nitrogens with two attached hydrogens (primary N) is 1. The third-order valence-electron chi connectivity index (χ3n) is 5.90. The van der Waals surface area contributed by atoms with E-state index < -0.39 is 17.9 Å². The molecule has 9 heteroatoms. The predicted molar refractivity (Wildman–Crippen MR) is 108 cm³/mol. The summed E-state index contributed by atoms with van der Waals surface area (Å²) in [6.45, 7) is 1.49. The predicted octanol–water partition coefficient (Wildman–Crippen LogP) is 1.95. The molecule has 2 unspecified atom stereocenters. The Bertz CT molecular complexity index is 870. The molecule has 5 rings (SSSR count). The molecule has 1 amide bonds. The van der Waals surface area contributed by atoms with E-state index in [4.69, 9.17) is 15.2 Å². The van der Waals surface area contributed by atoms with Crippen LogP contribution in [-0.2, 0) is 9.53 Å². The number of nitrogens with zero attached hydrogens (tertiary/aromatic N) is 3. The highest BCUT2D eigenvalue weighted by Crippen LogP contribution is 2.34. The second-order valence-electron chi connectivity index (χ2n) is 7.79. The number of fused-ring (bicyclic) bond motifs is 4. The normalized spacial score (nSPS) is 28.9. The Balaban J connectivity index is 1.63. The van der Waals surface area contributed by atoms with Gasteiger partial charge in [0.1, 0.15) is 11.4 Å². The number of aliphatic imine (C=N–C) groups is 1. The minimum Gasteiger partial charge on any atom is -0.497 e. The molecule has 0 radical (unpaired) electrons. The number of hydrogen-bond acceptors (Lipinski definition) is 6. The first-order valence-corrected chi connectivity index (χ1v) is 10.1. The molecule has 0 aliphatic carbocycles. The van der Waals surface area contributed by atoms with Gasteiger partial charge in [-0.05, 0) is 30.7 Å². The van der Waals surface area contributed by atoms with Crippen LogP contribution in [0.1, 0.15) is 12.8 Å². The minimum absolute atomic E-state index is 0.0573. The van der Waals surface area contributed by atoms with Crippen LogP contribution < -0.4 is 10.5 Å². The van der Waals surface area contributed by atoms with Crippen molar-refractivity contribution in [3.05, 3.63) is 35.5 Å². The Hall–Kier alpha value is -2.52. The fourth-order valence-corrected chi connectivity index (χ4v) is 4.25. The number of amides is 1. The lowest BCUT2D eigenvalue weighted by Gasteiger charge is -2.38. The van der Waals surface area contributed by atoms with Crippen LogP contribution in [0.4, 0.5) is 14.5 Å². The Morgan fingerprint density at radius 3 is 2.73 bits per heavy atom. The largest absolute Gasteiger partial charge is 0.497 e. The quantitative estimate of drug-likeness (QED) is 0.756. The summed E-state index contributed by atoms with van der Waals surface area (Å²) in [7, 11) is 1.59. The summed E-state index contributed by atoms with van der Waals surface area (Å²) in [5, 5.41) is 0. The first-order valence-electron chi connectivity index (χ1n) is 10.1. The number of ether oxygens (including phenoxy) is 2. The Morgan fingerprint density at radius 2 is 2.03 bits per heavy atom. The molecule has 4 fully saturated rings. The number of carbonyl (C=O) groups excluding carboxylic acids is 1. The number of hydrogen-bond donors (Lipinski definition) is 1. The lowest BCUT2D eigenvalue weighted by Crippen LogP contribution is -2.56. The van der Waals surface area contributed by atoms with Gasteiger partial charge in [-0.1, -0.05) is 0 Å². The molecule has 2 atom stereocenters. The summed E-state index contributed by atoms with van der Waals surface area (Å²) in [4.78, 5) is 20.8. The molecular formula is C21H26F2N4O3. The number of methoxy groups -OCH3 is 1. The van der Waals surface area contributed by atoms with Gasteiger partial charge in [0.05, 0.1) is 44.3 Å². The second kappa shape index (κ2) is 8.31. The van der Waals surface area contributed by atoms with Crippen molar-refractivity contribution >= 4 is 17.3 Å². The summed E-state index contributed by atoms with van der Waals surface area (Å²) in [5.74, 6) is -2.80. The second-order valence-corrected chi connectivity index (χ2v) is 7.79. The first-order chi connectivity index (χ1) is 14.4. The van der Waals surface area contributed by atoms with Crippen molar-refractivity contribution in [2.24, 2.45) is 10.7 Å². The van der Waals surface area contributed by atoms with Crippen LogP contribution in [0.25, 0.3) is 0 Å². The van der Waals surface area contributed by atoms with Crippen molar-refractivity contribution in [2.45, 2.75) is 24.8 Å². The van der Waals surface area contributed by atoms with Gasteiger partial charge in [-0.2, -0.15) is 0 Å². The van der Waals surface area contributed by atoms with E-state index in [9.17, 15) is 13.6 Å². The maximum absolute atomic E-state index is 14.6. The van der Waals surface area contributed by atoms with Crippen molar-refractivity contribution in [3.63, 3.8) is 0 Å². The maximum atomic E-state index is 14.6. The highest BCUT2D eigenvalue weighted by Gasteiger charge is 2.51. The number of piperidine rings is 1. The van der Waals surface area contributed by atoms with Gasteiger partial charge in [0.2, 0.25) is 0 Å². The first kappa shape index (κ1) is 20.7. The summed E-state index contributed by atoms with van der Waals surface area (Å²) in [6, 6.07) is 6.07. The van der Waals surface area contributed by atoms with Crippen LogP contribution >= 0.6 is 0 Å². The van der Waals surface area contributed by atoms with Crippen molar-refractivity contribution in [1.82, 2.24) is 9.80 Å². The fourth-order valence-electron chi connectivity index (χ4n) is 4.25. The number of carbonyl (C=O) groups is 1. The van der Waals surface area contributed by atoms with Crippen LogP contribution in [-0.4, -0.2) is 79.9 Å². The molecule has 1 aromatic carbocycles. The highest BCUT2D eigenvalue weighted by molar-refractivity contribution is 6.09. The standard InChI is InChI=1S/C21H26F2N4O3/c1-29-15-4-2-14(3-5-15)25-17-7-11-30-12-16(17)19(24)20(28)27-10-9-26-8-6-18(27)21(22,23)13-26/h2-5,18H,6-13,24H2,1H3. The zero-order valence-electron chi connectivity index (χ0n) is 16.9. The van der Waals surface area contributed by atoms with Gasteiger partial charge in [-0.15, -0.1) is 0 Å². The molecule has 4 saturated heterocycles. The molecule has 1 aromatic rings. The summed E-state index contributed by atoms with van der Waals surface area (Å²) in [6.07, 6.45) is 0.730. The van der Waals surface area contributed by atoms with Gasteiger partial charge >= 0.3 is 0 Å². The zero-order valence-corrected chi connectivity index (χ0v) is 16.9. The molecular weight excluding hydrogens is 394 g/mol. The number of rotatable bonds is 3. The van der Waals surface area contributed by atoms with Crippen LogP contribution in [0.15, 0.2) is 40.5 Å². The molecule has 4 aliphatic rings. The summed E-state index contributed by atoms with van der Waals surface area (Å²) in [5.41, 5.74) is 7.99. The van der Waals surface area contributed by atoms with Crippen LogP contribution in [0.5, 0.6) is 5.75 Å². The molecule has 2 N–H and O–H groups in total. The van der Waals surface area contributed by atoms with Crippen molar-refractivity contribution in [2.75, 3.05) is 46.5 Å². The van der Waals surface area contributed by atoms with Gasteiger partial charge in [0, 0.05) is 31.6 Å². The zero-order chi connectivity index (χ0) is 21.3. The number of halogens is 2. The van der Waals surface area contributed by atoms with E-state index in [1.165, 1.54) is 4.90 Å². The molecule has 0 saturated carbocycles. The van der Waals surface area contributed by atoms with Crippen molar-refractivity contribution in [1.29, 1.82) is 0 Å². The maximum Gasteiger partial charge on any atom is 0.280 e. The van der Waals surface area contributed by atoms with E-state index >= 15 is 0 Å². The minimum atomic E-state index is -2.95. The van der Waals surface area contributed by atoms with Crippen molar-refractivity contribution in [3.8, 4) is 5.75 Å². The van der Waals surface area contributed by atoms with Crippen LogP contribution in [0.2, 0.25) is 0 Å². The molecule has 0 aromatic heterocycles. The Morgan fingerprint density at radius 1 is 1.27 bits per heavy atom. The number of benzene rings is 1. The lowest BCUT2D eigenvalue weighted by atomic mass is 9.99. The van der Waals surface area contributed by atoms with Gasteiger partial charge < -0.3 is 20.1 Å². The van der Waals surface area contributed by atoms with E-state index in [0.717, 1.165) is 0 Å². The average Bonchev–Trinajstić information content (AvgIpc) is 3.03. The third kappa shape index (κ3) is 4.04. The van der Waals surface area contributed by atoms with Gasteiger partial charge in [0.15, 0.2) is 0 Å². The molecule has 30 heavy (non-hydrogen) atoms. The van der Waals surface area contributed by atoms with E-state index in [1.54, 1.807) is 36.3 Å². The van der Waals surface area contributed by atoms with Crippen molar-refractivity contribution < 1.29 is 23.0 Å². The smallest absolute Gasteiger partial charge is 0.280 e. The van der Waals surface area contributed by atoms with Gasteiger partial charge in [-0.25, -0.2) is 8.78 Å². The fraction of sp³-hybridized carbons (Fsp3) is 0.524. The summed E-state index contributed by atoms with van der Waals surface area (Å²) >= 11 is 0. The third-order valence-corrected chi connectivity index (χ3v) is 5.90. The highest BCUT2D eigenvalue weighted by atomic mass is 19.3. The Labute approximate surface area is 174 Å². The van der Waals surface area contributed by atoms with Gasteiger partial charge in [0.25, 0.3) is 11.8 Å². The number of alkyl halides is 2. The monoisotopic (exact) mass is 420 g/mol. The van der Waals surface area contributed by atoms with Crippen LogP contribution in [0.3, 0.4) is 0 Å². The van der Waals surface area contributed by atoms with E-state index in [2.05, 4.69) is 4.99 Å². The van der Waals surface area contributed by atoms with E-state index in [1.807, 2.05) is 0 Å². The molecule has 0 spiro atoms. The molecule has 4 aliphatic heterocycles. The molecule has 7 nitrogen and oxygen atoms in total. The topological polar surface area (TPSA) is 80.4 Å². The van der Waals surface area contributed by atoms with E-state index in [0.29, 0.717) is 48.8 Å². The average molecular weight is 420 g/mol. The van der Waals surface area contributed by atoms with E-state index in [-0.39, 0.29) is 31.8 Å². The molecule has 162 valence electrons. The SMILES string of the molecule is COc1ccc(N=C2CCOCC2=C(N)C(=O)N2CCN3CCC2C(F)(F)C3)cc1. The molecule has 4 heterocycles.